The lowest BCUT2D eigenvalue weighted by atomic mass is 9.94. The highest BCUT2D eigenvalue weighted by Crippen LogP contribution is 2.44. The smallest absolute Gasteiger partial charge is 0.319 e. The molecule has 4 saturated heterocycles. The lowest BCUT2D eigenvalue weighted by molar-refractivity contribution is -0.142. The number of amides is 2. The van der Waals surface area contributed by atoms with E-state index < -0.39 is 42.7 Å². The van der Waals surface area contributed by atoms with Gasteiger partial charge in [-0.3, -0.25) is 14.6 Å². The van der Waals surface area contributed by atoms with Crippen LogP contribution in [0.5, 0.6) is 17.5 Å². The van der Waals surface area contributed by atoms with E-state index in [4.69, 9.17) is 29.2 Å². The summed E-state index contributed by atoms with van der Waals surface area (Å²) in [6.45, 7) is 7.74. The van der Waals surface area contributed by atoms with E-state index in [2.05, 4.69) is 25.8 Å². The molecule has 5 N–H and O–H groups in total. The van der Waals surface area contributed by atoms with Gasteiger partial charge < -0.3 is 50.0 Å². The minimum atomic E-state index is -1.04. The van der Waals surface area contributed by atoms with Crippen LogP contribution in [0, 0.1) is 17.6 Å². The van der Waals surface area contributed by atoms with Gasteiger partial charge in [-0.1, -0.05) is 98.8 Å². The number of pyridine rings is 1. The van der Waals surface area contributed by atoms with Crippen molar-refractivity contribution in [2.75, 3.05) is 44.4 Å². The zero-order valence-corrected chi connectivity index (χ0v) is 46.4. The molecule has 20 heteroatoms. The topological polar surface area (TPSA) is 222 Å². The molecule has 4 aliphatic heterocycles. The number of carbonyl (C=O) groups is 2. The molecule has 4 fully saturated rings. The van der Waals surface area contributed by atoms with Crippen molar-refractivity contribution in [1.82, 2.24) is 45.5 Å². The molecule has 0 saturated carbocycles. The van der Waals surface area contributed by atoms with E-state index in [0.29, 0.717) is 123 Å². The highest BCUT2D eigenvalue weighted by Gasteiger charge is 2.43. The van der Waals surface area contributed by atoms with Gasteiger partial charge in [-0.05, 0) is 82.5 Å². The number of hydrogen-bond donors (Lipinski definition) is 5. The van der Waals surface area contributed by atoms with Crippen molar-refractivity contribution in [3.8, 4) is 51.2 Å². The number of β-amino-alcohol motifs (C(OH)–C–C–N with tert-alkyl or cyclic N) is 1. The van der Waals surface area contributed by atoms with Gasteiger partial charge in [0.15, 0.2) is 5.75 Å². The molecular formula is C63H66F2N10O8. The van der Waals surface area contributed by atoms with Gasteiger partial charge in [-0.2, -0.15) is 9.97 Å². The molecule has 8 aromatic rings. The van der Waals surface area contributed by atoms with Crippen LogP contribution in [0.3, 0.4) is 0 Å². The molecule has 18 nitrogen and oxygen atoms in total. The van der Waals surface area contributed by atoms with Gasteiger partial charge in [0.2, 0.25) is 11.8 Å². The van der Waals surface area contributed by atoms with Crippen LogP contribution in [-0.4, -0.2) is 132 Å². The summed E-state index contributed by atoms with van der Waals surface area (Å²) in [5.74, 6) is -1.05. The number of rotatable bonds is 17. The maximum absolute atomic E-state index is 15.7. The summed E-state index contributed by atoms with van der Waals surface area (Å²) in [5, 5.41) is 49.9. The molecular weight excluding hydrogens is 1060 g/mol. The van der Waals surface area contributed by atoms with Crippen molar-refractivity contribution in [2.24, 2.45) is 5.92 Å². The number of fused-ring (bicyclic) bond motifs is 4. The molecule has 2 unspecified atom stereocenters. The summed E-state index contributed by atoms with van der Waals surface area (Å²) in [6, 6.07) is 25.1. The summed E-state index contributed by atoms with van der Waals surface area (Å²) in [6.07, 6.45) is 6.15. The molecule has 0 aliphatic carbocycles. The third-order valence-corrected chi connectivity index (χ3v) is 16.6. The first kappa shape index (κ1) is 55.4. The van der Waals surface area contributed by atoms with Gasteiger partial charge in [-0.25, -0.2) is 13.5 Å². The summed E-state index contributed by atoms with van der Waals surface area (Å²) in [4.78, 5) is 47.5. The second kappa shape index (κ2) is 23.6. The van der Waals surface area contributed by atoms with E-state index in [9.17, 15) is 29.3 Å². The monoisotopic (exact) mass is 1130 g/mol. The van der Waals surface area contributed by atoms with Crippen molar-refractivity contribution < 1.29 is 47.9 Å². The number of benzene rings is 5. The number of anilines is 1. The minimum Gasteiger partial charge on any atom is -0.508 e. The van der Waals surface area contributed by atoms with Crippen LogP contribution < -0.4 is 25.0 Å². The summed E-state index contributed by atoms with van der Waals surface area (Å²) in [5.41, 5.74) is 5.36. The number of piperazine rings is 1. The number of aromatic nitrogens is 6. The summed E-state index contributed by atoms with van der Waals surface area (Å²) >= 11 is 0. The number of phenols is 1. The van der Waals surface area contributed by atoms with Crippen LogP contribution in [0.4, 0.5) is 14.6 Å². The van der Waals surface area contributed by atoms with Crippen LogP contribution in [0.1, 0.15) is 81.6 Å². The quantitative estimate of drug-likeness (QED) is 0.0578. The lowest BCUT2D eigenvalue weighted by Gasteiger charge is -2.34. The van der Waals surface area contributed by atoms with E-state index in [1.165, 1.54) is 21.7 Å². The second-order valence-corrected chi connectivity index (χ2v) is 22.5. The van der Waals surface area contributed by atoms with E-state index in [0.717, 1.165) is 31.5 Å². The molecule has 2 bridgehead atoms. The van der Waals surface area contributed by atoms with Crippen LogP contribution in [0.25, 0.3) is 55.3 Å². The Hall–Kier alpha value is -8.17. The van der Waals surface area contributed by atoms with Crippen LogP contribution in [-0.2, 0) is 27.4 Å². The minimum absolute atomic E-state index is 0.00558. The SMILES string of the molecule is CCc1c(F)ccc2cc(O)cc(-c3ncc4c(N5CC6CCC(C5)N6)nc(OC5CCOCC5)nc4c3OCc3ccc(-c4cn([C@H](C(=O)N5C[C@H](O)C[C@H]5C(=O)N[C@@H](CO)c5ccc(-c6ccccc6F)cc5)C(C)C)nn4)cc3)c12. The first-order chi connectivity index (χ1) is 40.3. The van der Waals surface area contributed by atoms with Gasteiger partial charge in [0.05, 0.1) is 43.5 Å². The fraction of sp³-hybridized carbons (Fsp3) is 0.381. The fourth-order valence-corrected chi connectivity index (χ4v) is 12.3. The maximum Gasteiger partial charge on any atom is 0.319 e. The Labute approximate surface area is 478 Å². The van der Waals surface area contributed by atoms with E-state index in [1.54, 1.807) is 73.1 Å². The Morgan fingerprint density at radius 3 is 2.35 bits per heavy atom. The Morgan fingerprint density at radius 1 is 0.880 bits per heavy atom. The molecule has 3 aromatic heterocycles. The molecule has 6 atom stereocenters. The standard InChI is InChI=1S/C63H66F2N10O8/c1-4-46-51(65)20-17-40-25-43(77)26-48(55(40)46)56-59(57-49(28-66-56)60(73-29-41-18-19-42(30-73)67-41)70-63(69-57)83-45-21-23-81-24-22-45)82-34-36-9-11-38(12-10-36)52-32-75(72-71-52)58(35(2)3)62(80)74-31-44(78)27-54(74)61(79)68-53(33-76)39-15-13-37(14-16-39)47-7-5-6-8-50(47)64/h5-17,20,25-26,28,32,35,41-42,44-45,53-54,58,67,76-78H,4,18-19,21-24,27,29-31,33-34H2,1-3H3,(H,68,79)/t41?,42?,44-,53+,54+,58+/m1/s1. The molecule has 430 valence electrons. The maximum atomic E-state index is 15.7. The number of phenolic OH excluding ortho intramolecular Hbond substituents is 1. The average molecular weight is 1130 g/mol. The van der Waals surface area contributed by atoms with Crippen molar-refractivity contribution >= 4 is 39.3 Å². The predicted octanol–water partition coefficient (Wildman–Crippen LogP) is 8.40. The number of aryl methyl sites for hydroxylation is 1. The molecule has 0 spiro atoms. The molecule has 12 rings (SSSR count). The third-order valence-electron chi connectivity index (χ3n) is 16.6. The Morgan fingerprint density at radius 2 is 1.63 bits per heavy atom. The number of carbonyl (C=O) groups excluding carboxylic acids is 2. The zero-order chi connectivity index (χ0) is 57.5. The van der Waals surface area contributed by atoms with Crippen LogP contribution in [0.15, 0.2) is 109 Å². The number of likely N-dealkylation sites (tertiary alicyclic amines) is 1. The molecule has 5 aromatic carbocycles. The lowest BCUT2D eigenvalue weighted by Crippen LogP contribution is -2.51. The van der Waals surface area contributed by atoms with Gasteiger partial charge in [0.25, 0.3) is 0 Å². The summed E-state index contributed by atoms with van der Waals surface area (Å²) in [7, 11) is 0. The van der Waals surface area contributed by atoms with Crippen LogP contribution in [0.2, 0.25) is 0 Å². The van der Waals surface area contributed by atoms with Gasteiger partial charge in [-0.15, -0.1) is 5.10 Å². The van der Waals surface area contributed by atoms with Gasteiger partial charge >= 0.3 is 6.01 Å². The van der Waals surface area contributed by atoms with Crippen LogP contribution >= 0.6 is 0 Å². The molecule has 4 aliphatic rings. The average Bonchev–Trinajstić information content (AvgIpc) is 4.47. The molecule has 0 radical (unpaired) electrons. The number of aliphatic hydroxyl groups is 2. The van der Waals surface area contributed by atoms with Crippen molar-refractivity contribution in [2.45, 2.75) is 108 Å². The predicted molar refractivity (Wildman–Crippen MR) is 307 cm³/mol. The first-order valence-electron chi connectivity index (χ1n) is 28.6. The molecule has 83 heavy (non-hydrogen) atoms. The highest BCUT2D eigenvalue weighted by molar-refractivity contribution is 6.04. The zero-order valence-electron chi connectivity index (χ0n) is 46.4. The van der Waals surface area contributed by atoms with Crippen molar-refractivity contribution in [3.05, 3.63) is 138 Å². The number of aromatic hydroxyl groups is 1. The second-order valence-electron chi connectivity index (χ2n) is 22.5. The molecule has 2 amide bonds. The fourth-order valence-electron chi connectivity index (χ4n) is 12.3. The number of halogens is 2. The van der Waals surface area contributed by atoms with E-state index >= 15 is 4.39 Å². The van der Waals surface area contributed by atoms with E-state index in [-0.39, 0.29) is 55.0 Å². The number of ether oxygens (including phenoxy) is 3. The Balaban J connectivity index is 0.817. The number of hydrogen-bond acceptors (Lipinski definition) is 15. The number of nitrogens with zero attached hydrogens (tertiary/aromatic N) is 8. The number of aliphatic hydroxyl groups excluding tert-OH is 2. The van der Waals surface area contributed by atoms with Crippen molar-refractivity contribution in [1.29, 1.82) is 0 Å². The number of nitrogens with one attached hydrogen (secondary N) is 2. The van der Waals surface area contributed by atoms with Gasteiger partial charge in [0, 0.05) is 73.9 Å². The third kappa shape index (κ3) is 11.3. The molecule has 7 heterocycles. The van der Waals surface area contributed by atoms with Crippen molar-refractivity contribution in [3.63, 3.8) is 0 Å². The van der Waals surface area contributed by atoms with Gasteiger partial charge in [0.1, 0.15) is 64.9 Å². The highest BCUT2D eigenvalue weighted by atomic mass is 19.1. The van der Waals surface area contributed by atoms with E-state index in [1.807, 2.05) is 45.0 Å². The normalized spacial score (nSPS) is 19.9. The Bertz CT molecular complexity index is 3680. The Kier molecular flexibility index (Phi) is 15.7. The largest absolute Gasteiger partial charge is 0.508 e. The summed E-state index contributed by atoms with van der Waals surface area (Å²) < 4.78 is 50.9. The first-order valence-corrected chi connectivity index (χ1v) is 28.6.